The molecule has 0 bridgehead atoms. The third-order valence-electron chi connectivity index (χ3n) is 3.50. The molecule has 0 aliphatic heterocycles. The molecule has 1 aliphatic rings. The van der Waals surface area contributed by atoms with Crippen LogP contribution in [0, 0.1) is 5.92 Å². The van der Waals surface area contributed by atoms with Crippen molar-refractivity contribution in [3.63, 3.8) is 0 Å². The molecule has 1 aromatic carbocycles. The van der Waals surface area contributed by atoms with E-state index in [0.717, 1.165) is 12.1 Å². The molecule has 2 rings (SSSR count). The van der Waals surface area contributed by atoms with Crippen molar-refractivity contribution >= 4 is 11.9 Å². The monoisotopic (exact) mass is 301 g/mol. The standard InChI is InChI=1S/C14H14F3NO3/c1-7(13(20)21)18-12(19)11-6-10(11)8-3-2-4-9(5-8)14(15,16)17/h2-5,7,10-11H,6H2,1H3,(H,18,19)(H,20,21)/t7-,10?,11?/m0/s1. The Morgan fingerprint density at radius 2 is 2.05 bits per heavy atom. The smallest absolute Gasteiger partial charge is 0.416 e. The van der Waals surface area contributed by atoms with Crippen LogP contribution in [0.2, 0.25) is 0 Å². The van der Waals surface area contributed by atoms with Crippen molar-refractivity contribution in [1.29, 1.82) is 0 Å². The Hall–Kier alpha value is -2.05. The lowest BCUT2D eigenvalue weighted by Crippen LogP contribution is -2.39. The van der Waals surface area contributed by atoms with Crippen molar-refractivity contribution < 1.29 is 27.9 Å². The predicted molar refractivity (Wildman–Crippen MR) is 67.5 cm³/mol. The molecule has 0 saturated heterocycles. The molecule has 7 heteroatoms. The van der Waals surface area contributed by atoms with Crippen LogP contribution in [-0.2, 0) is 15.8 Å². The molecule has 1 aliphatic carbocycles. The van der Waals surface area contributed by atoms with Crippen molar-refractivity contribution in [3.05, 3.63) is 35.4 Å². The van der Waals surface area contributed by atoms with Gasteiger partial charge < -0.3 is 10.4 Å². The molecule has 0 aromatic heterocycles. The first-order valence-corrected chi connectivity index (χ1v) is 6.40. The number of carboxylic acids is 1. The maximum atomic E-state index is 12.6. The minimum Gasteiger partial charge on any atom is -0.480 e. The Labute approximate surface area is 119 Å². The summed E-state index contributed by atoms with van der Waals surface area (Å²) in [4.78, 5) is 22.4. The van der Waals surface area contributed by atoms with Crippen LogP contribution >= 0.6 is 0 Å². The van der Waals surface area contributed by atoms with E-state index in [2.05, 4.69) is 5.32 Å². The minimum absolute atomic E-state index is 0.284. The van der Waals surface area contributed by atoms with E-state index in [-0.39, 0.29) is 5.92 Å². The van der Waals surface area contributed by atoms with Gasteiger partial charge in [0.2, 0.25) is 5.91 Å². The summed E-state index contributed by atoms with van der Waals surface area (Å²) in [6.07, 6.45) is -3.99. The summed E-state index contributed by atoms with van der Waals surface area (Å²) in [6, 6.07) is 3.87. The van der Waals surface area contributed by atoms with Gasteiger partial charge in [0.1, 0.15) is 6.04 Å². The molecular formula is C14H14F3NO3. The highest BCUT2D eigenvalue weighted by atomic mass is 19.4. The van der Waals surface area contributed by atoms with Gasteiger partial charge in [-0.3, -0.25) is 9.59 Å². The first kappa shape index (κ1) is 15.3. The number of alkyl halides is 3. The maximum Gasteiger partial charge on any atom is 0.416 e. The molecule has 0 spiro atoms. The zero-order valence-electron chi connectivity index (χ0n) is 11.1. The van der Waals surface area contributed by atoms with E-state index >= 15 is 0 Å². The van der Waals surface area contributed by atoms with E-state index in [1.54, 1.807) is 6.07 Å². The summed E-state index contributed by atoms with van der Waals surface area (Å²) >= 11 is 0. The number of rotatable bonds is 4. The van der Waals surface area contributed by atoms with Crippen molar-refractivity contribution in [3.8, 4) is 0 Å². The summed E-state index contributed by atoms with van der Waals surface area (Å²) in [5, 5.41) is 11.0. The quantitative estimate of drug-likeness (QED) is 0.897. The van der Waals surface area contributed by atoms with Gasteiger partial charge in [-0.15, -0.1) is 0 Å². The molecule has 0 radical (unpaired) electrons. The molecule has 4 nitrogen and oxygen atoms in total. The van der Waals surface area contributed by atoms with E-state index in [9.17, 15) is 22.8 Å². The molecule has 2 N–H and O–H groups in total. The zero-order valence-corrected chi connectivity index (χ0v) is 11.1. The summed E-state index contributed by atoms with van der Waals surface area (Å²) in [5.74, 6) is -2.34. The summed E-state index contributed by atoms with van der Waals surface area (Å²) in [6.45, 7) is 1.34. The van der Waals surface area contributed by atoms with Crippen LogP contribution in [0.1, 0.15) is 30.4 Å². The molecule has 0 heterocycles. The summed E-state index contributed by atoms with van der Waals surface area (Å²) in [5.41, 5.74) is -0.294. The number of amides is 1. The third-order valence-corrected chi connectivity index (χ3v) is 3.50. The van der Waals surface area contributed by atoms with Crippen LogP contribution in [0.4, 0.5) is 13.2 Å². The van der Waals surface area contributed by atoms with Gasteiger partial charge in [0, 0.05) is 5.92 Å². The summed E-state index contributed by atoms with van der Waals surface area (Å²) in [7, 11) is 0. The first-order valence-electron chi connectivity index (χ1n) is 6.40. The van der Waals surface area contributed by atoms with E-state index < -0.39 is 35.6 Å². The number of hydrogen-bond acceptors (Lipinski definition) is 2. The van der Waals surface area contributed by atoms with E-state index in [1.807, 2.05) is 0 Å². The predicted octanol–water partition coefficient (Wildman–Crippen LogP) is 2.40. The van der Waals surface area contributed by atoms with Crippen LogP contribution in [0.15, 0.2) is 24.3 Å². The number of benzene rings is 1. The fraction of sp³-hybridized carbons (Fsp3) is 0.429. The lowest BCUT2D eigenvalue weighted by molar-refractivity contribution is -0.141. The number of carbonyl (C=O) groups excluding carboxylic acids is 1. The van der Waals surface area contributed by atoms with Crippen LogP contribution in [-0.4, -0.2) is 23.0 Å². The Balaban J connectivity index is 2.03. The minimum atomic E-state index is -4.42. The van der Waals surface area contributed by atoms with Gasteiger partial charge in [0.05, 0.1) is 5.56 Å². The number of aliphatic carboxylic acids is 1. The van der Waals surface area contributed by atoms with Gasteiger partial charge >= 0.3 is 12.1 Å². The average Bonchev–Trinajstić information content (AvgIpc) is 3.18. The van der Waals surface area contributed by atoms with Gasteiger partial charge in [-0.25, -0.2) is 0 Å². The van der Waals surface area contributed by atoms with Gasteiger partial charge in [0.25, 0.3) is 0 Å². The van der Waals surface area contributed by atoms with Crippen LogP contribution in [0.25, 0.3) is 0 Å². The fourth-order valence-electron chi connectivity index (χ4n) is 2.18. The number of halogens is 3. The Kier molecular flexibility index (Phi) is 3.93. The maximum absolute atomic E-state index is 12.6. The number of carboxylic acid groups (broad SMARTS) is 1. The van der Waals surface area contributed by atoms with Gasteiger partial charge in [-0.2, -0.15) is 13.2 Å². The van der Waals surface area contributed by atoms with E-state index in [4.69, 9.17) is 5.11 Å². The van der Waals surface area contributed by atoms with Crippen molar-refractivity contribution in [1.82, 2.24) is 5.32 Å². The SMILES string of the molecule is C[C@H](NC(=O)C1CC1c1cccc(C(F)(F)F)c1)C(=O)O. The number of nitrogens with one attached hydrogen (secondary N) is 1. The first-order chi connectivity index (χ1) is 9.70. The van der Waals surface area contributed by atoms with E-state index in [1.165, 1.54) is 13.0 Å². The molecule has 21 heavy (non-hydrogen) atoms. The van der Waals surface area contributed by atoms with Gasteiger partial charge in [-0.1, -0.05) is 18.2 Å². The molecule has 1 fully saturated rings. The Morgan fingerprint density at radius 1 is 1.38 bits per heavy atom. The number of hydrogen-bond donors (Lipinski definition) is 2. The second-order valence-electron chi connectivity index (χ2n) is 5.14. The van der Waals surface area contributed by atoms with Crippen molar-refractivity contribution in [2.75, 3.05) is 0 Å². The Morgan fingerprint density at radius 3 is 2.62 bits per heavy atom. The third kappa shape index (κ3) is 3.53. The molecular weight excluding hydrogens is 287 g/mol. The van der Waals surface area contributed by atoms with E-state index in [0.29, 0.717) is 12.0 Å². The average molecular weight is 301 g/mol. The molecule has 1 aromatic rings. The highest BCUT2D eigenvalue weighted by Crippen LogP contribution is 2.48. The second kappa shape index (κ2) is 5.38. The highest BCUT2D eigenvalue weighted by molar-refractivity contribution is 5.87. The highest BCUT2D eigenvalue weighted by Gasteiger charge is 2.45. The van der Waals surface area contributed by atoms with Crippen LogP contribution < -0.4 is 5.32 Å². The lowest BCUT2D eigenvalue weighted by Gasteiger charge is -2.10. The van der Waals surface area contributed by atoms with Gasteiger partial charge in [0.15, 0.2) is 0 Å². The normalized spacial score (nSPS) is 22.5. The topological polar surface area (TPSA) is 66.4 Å². The molecule has 1 amide bonds. The largest absolute Gasteiger partial charge is 0.480 e. The van der Waals surface area contributed by atoms with Gasteiger partial charge in [-0.05, 0) is 30.9 Å². The Bertz CT molecular complexity index is 571. The van der Waals surface area contributed by atoms with Crippen LogP contribution in [0.5, 0.6) is 0 Å². The van der Waals surface area contributed by atoms with Crippen molar-refractivity contribution in [2.24, 2.45) is 5.92 Å². The zero-order chi connectivity index (χ0) is 15.8. The fourth-order valence-corrected chi connectivity index (χ4v) is 2.18. The van der Waals surface area contributed by atoms with Crippen LogP contribution in [0.3, 0.4) is 0 Å². The molecule has 2 unspecified atom stereocenters. The van der Waals surface area contributed by atoms with Crippen molar-refractivity contribution in [2.45, 2.75) is 31.5 Å². The number of carbonyl (C=O) groups is 2. The molecule has 1 saturated carbocycles. The summed E-state index contributed by atoms with van der Waals surface area (Å²) < 4.78 is 37.9. The molecule has 3 atom stereocenters. The molecule has 114 valence electrons. The lowest BCUT2D eigenvalue weighted by atomic mass is 10.1. The second-order valence-corrected chi connectivity index (χ2v) is 5.14.